The van der Waals surface area contributed by atoms with Gasteiger partial charge in [0, 0.05) is 37.4 Å². The Labute approximate surface area is 178 Å². The van der Waals surface area contributed by atoms with Gasteiger partial charge in [0.25, 0.3) is 0 Å². The van der Waals surface area contributed by atoms with Crippen molar-refractivity contribution in [3.8, 4) is 0 Å². The number of aliphatic carboxylic acids is 2. The summed E-state index contributed by atoms with van der Waals surface area (Å²) in [5.41, 5.74) is 0. The van der Waals surface area contributed by atoms with Gasteiger partial charge in [-0.3, -0.25) is 19.2 Å². The first-order valence-electron chi connectivity index (χ1n) is 9.67. The number of nitrogens with one attached hydrogen (secondary N) is 4. The maximum Gasteiger partial charge on any atom is 0.328 e. The highest BCUT2D eigenvalue weighted by Gasteiger charge is 2.32. The van der Waals surface area contributed by atoms with Crippen LogP contribution in [0.5, 0.6) is 0 Å². The van der Waals surface area contributed by atoms with Crippen molar-refractivity contribution >= 4 is 35.6 Å². The zero-order chi connectivity index (χ0) is 23.2. The number of carbonyl (C=O) groups excluding carboxylic acids is 4. The molecule has 1 aliphatic heterocycles. The average molecular weight is 438 g/mol. The van der Waals surface area contributed by atoms with Crippen molar-refractivity contribution in [1.82, 2.24) is 21.3 Å². The fourth-order valence-corrected chi connectivity index (χ4v) is 2.70. The van der Waals surface area contributed by atoms with Crippen molar-refractivity contribution in [3.05, 3.63) is 24.3 Å². The predicted octanol–water partition coefficient (Wildman–Crippen LogP) is -1.57. The molecule has 170 valence electrons. The molecular weight excluding hydrogens is 412 g/mol. The summed E-state index contributed by atoms with van der Waals surface area (Å²) in [4.78, 5) is 67.6. The lowest BCUT2D eigenvalue weighted by atomic mass is 10.0. The Morgan fingerprint density at radius 1 is 0.710 bits per heavy atom. The zero-order valence-electron chi connectivity index (χ0n) is 16.8. The Morgan fingerprint density at radius 2 is 1.13 bits per heavy atom. The molecule has 0 aliphatic carbocycles. The summed E-state index contributed by atoms with van der Waals surface area (Å²) >= 11 is 0. The van der Waals surface area contributed by atoms with E-state index in [1.54, 1.807) is 0 Å². The Hall–Kier alpha value is -3.70. The molecule has 0 bridgehead atoms. The Balaban J connectivity index is 2.23. The van der Waals surface area contributed by atoms with E-state index in [2.05, 4.69) is 21.3 Å². The minimum absolute atomic E-state index is 0.221. The second kappa shape index (κ2) is 13.5. The summed E-state index contributed by atoms with van der Waals surface area (Å²) in [5.74, 6) is -4.17. The molecule has 1 heterocycles. The van der Waals surface area contributed by atoms with Gasteiger partial charge in [0.1, 0.15) is 12.1 Å². The molecule has 0 aromatic carbocycles. The second-order valence-electron chi connectivity index (χ2n) is 6.69. The maximum absolute atomic E-state index is 12.2. The minimum Gasteiger partial charge on any atom is -0.478 e. The lowest BCUT2D eigenvalue weighted by molar-refractivity contribution is -0.137. The van der Waals surface area contributed by atoms with Gasteiger partial charge in [-0.25, -0.2) is 9.59 Å². The third-order valence-electron chi connectivity index (χ3n) is 4.21. The molecule has 2 atom stereocenters. The van der Waals surface area contributed by atoms with Gasteiger partial charge in [-0.2, -0.15) is 0 Å². The maximum atomic E-state index is 12.2. The van der Waals surface area contributed by atoms with E-state index >= 15 is 0 Å². The Kier molecular flexibility index (Phi) is 11.0. The molecular formula is C19H26N4O8. The van der Waals surface area contributed by atoms with Crippen LogP contribution in [0.4, 0.5) is 0 Å². The smallest absolute Gasteiger partial charge is 0.328 e. The fourth-order valence-electron chi connectivity index (χ4n) is 2.70. The van der Waals surface area contributed by atoms with E-state index in [0.29, 0.717) is 44.7 Å². The molecule has 0 aromatic rings. The van der Waals surface area contributed by atoms with Crippen molar-refractivity contribution in [2.24, 2.45) is 0 Å². The molecule has 12 nitrogen and oxygen atoms in total. The standard InChI is InChI=1S/C19H26N4O8/c24-14(6-8-16(26)27)20-10-2-1-4-12-18(30)23-13(19(31)22-12)5-3-11-21-15(25)7-9-17(28)29/h6-9,12-13H,1-5,10-11H2,(H,20,24)(H,21,25)(H,22,31)(H,23,30)(H,26,27)(H,28,29)/b8-6+,9-7+. The molecule has 1 fully saturated rings. The van der Waals surface area contributed by atoms with E-state index in [1.165, 1.54) is 0 Å². The average Bonchev–Trinajstić information content (AvgIpc) is 2.70. The molecule has 12 heteroatoms. The topological polar surface area (TPSA) is 191 Å². The van der Waals surface area contributed by atoms with Crippen LogP contribution in [0.15, 0.2) is 24.3 Å². The molecule has 1 saturated heterocycles. The minimum atomic E-state index is -1.23. The third kappa shape index (κ3) is 11.2. The fraction of sp³-hybridized carbons (Fsp3) is 0.474. The summed E-state index contributed by atoms with van der Waals surface area (Å²) in [7, 11) is 0. The predicted molar refractivity (Wildman–Crippen MR) is 107 cm³/mol. The van der Waals surface area contributed by atoms with E-state index < -0.39 is 35.8 Å². The number of piperazine rings is 1. The number of unbranched alkanes of at least 4 members (excludes halogenated alkanes) is 1. The Bertz CT molecular complexity index is 762. The van der Waals surface area contributed by atoms with Crippen LogP contribution < -0.4 is 21.3 Å². The monoisotopic (exact) mass is 438 g/mol. The van der Waals surface area contributed by atoms with Crippen LogP contribution in [-0.2, 0) is 28.8 Å². The molecule has 2 unspecified atom stereocenters. The van der Waals surface area contributed by atoms with Crippen LogP contribution in [0.1, 0.15) is 32.1 Å². The van der Waals surface area contributed by atoms with E-state index in [-0.39, 0.29) is 18.4 Å². The first-order valence-corrected chi connectivity index (χ1v) is 9.67. The number of rotatable bonds is 13. The number of hydrogen-bond acceptors (Lipinski definition) is 6. The molecule has 0 spiro atoms. The highest BCUT2D eigenvalue weighted by Crippen LogP contribution is 2.09. The molecule has 1 rings (SSSR count). The van der Waals surface area contributed by atoms with Gasteiger partial charge in [0.05, 0.1) is 0 Å². The first-order chi connectivity index (χ1) is 14.7. The summed E-state index contributed by atoms with van der Waals surface area (Å²) in [5, 5.41) is 27.1. The van der Waals surface area contributed by atoms with E-state index in [4.69, 9.17) is 10.2 Å². The molecule has 0 aromatic heterocycles. The molecule has 4 amide bonds. The normalized spacial score (nSPS) is 18.5. The second-order valence-corrected chi connectivity index (χ2v) is 6.69. The number of amides is 4. The number of carboxylic acids is 2. The molecule has 6 N–H and O–H groups in total. The van der Waals surface area contributed by atoms with Crippen LogP contribution in [0, 0.1) is 0 Å². The molecule has 31 heavy (non-hydrogen) atoms. The number of carbonyl (C=O) groups is 6. The largest absolute Gasteiger partial charge is 0.478 e. The van der Waals surface area contributed by atoms with Gasteiger partial charge in [0.15, 0.2) is 0 Å². The Morgan fingerprint density at radius 3 is 1.58 bits per heavy atom. The number of carboxylic acid groups (broad SMARTS) is 2. The first kappa shape index (κ1) is 25.3. The lowest BCUT2D eigenvalue weighted by Gasteiger charge is -2.29. The van der Waals surface area contributed by atoms with Crippen LogP contribution in [0.25, 0.3) is 0 Å². The highest BCUT2D eigenvalue weighted by atomic mass is 16.4. The van der Waals surface area contributed by atoms with E-state index in [0.717, 1.165) is 18.2 Å². The molecule has 0 saturated carbocycles. The van der Waals surface area contributed by atoms with Crippen LogP contribution in [0.3, 0.4) is 0 Å². The van der Waals surface area contributed by atoms with Crippen molar-refractivity contribution < 1.29 is 39.0 Å². The van der Waals surface area contributed by atoms with Gasteiger partial charge in [-0.1, -0.05) is 0 Å². The van der Waals surface area contributed by atoms with Crippen LogP contribution >= 0.6 is 0 Å². The van der Waals surface area contributed by atoms with Crippen LogP contribution in [-0.4, -0.2) is 71.0 Å². The van der Waals surface area contributed by atoms with Gasteiger partial charge < -0.3 is 31.5 Å². The summed E-state index contributed by atoms with van der Waals surface area (Å²) < 4.78 is 0. The van der Waals surface area contributed by atoms with Crippen molar-refractivity contribution in [2.45, 2.75) is 44.2 Å². The summed E-state index contributed by atoms with van der Waals surface area (Å²) in [6, 6.07) is -1.39. The summed E-state index contributed by atoms with van der Waals surface area (Å²) in [6.45, 7) is 0.528. The quantitative estimate of drug-likeness (QED) is 0.147. The lowest BCUT2D eigenvalue weighted by Crippen LogP contribution is -2.61. The van der Waals surface area contributed by atoms with Gasteiger partial charge in [-0.15, -0.1) is 0 Å². The molecule has 0 radical (unpaired) electrons. The highest BCUT2D eigenvalue weighted by molar-refractivity contribution is 5.97. The molecule has 1 aliphatic rings. The van der Waals surface area contributed by atoms with Crippen molar-refractivity contribution in [1.29, 1.82) is 0 Å². The van der Waals surface area contributed by atoms with Crippen molar-refractivity contribution in [2.75, 3.05) is 13.1 Å². The van der Waals surface area contributed by atoms with Gasteiger partial charge in [-0.05, 0) is 32.1 Å². The SMILES string of the molecule is O=C(O)/C=C/C(=O)NCCCCC1NC(=O)C(CCCNC(=O)/C=C/C(=O)O)NC1=O. The van der Waals surface area contributed by atoms with Gasteiger partial charge in [0.2, 0.25) is 23.6 Å². The van der Waals surface area contributed by atoms with Gasteiger partial charge >= 0.3 is 11.9 Å². The third-order valence-corrected chi connectivity index (χ3v) is 4.21. The van der Waals surface area contributed by atoms with Crippen molar-refractivity contribution in [3.63, 3.8) is 0 Å². The zero-order valence-corrected chi connectivity index (χ0v) is 16.8. The van der Waals surface area contributed by atoms with Crippen LogP contribution in [0.2, 0.25) is 0 Å². The van der Waals surface area contributed by atoms with E-state index in [1.807, 2.05) is 0 Å². The summed E-state index contributed by atoms with van der Waals surface area (Å²) in [6.07, 6.45) is 5.46. The van der Waals surface area contributed by atoms with E-state index in [9.17, 15) is 28.8 Å². The number of hydrogen-bond donors (Lipinski definition) is 6.